The minimum absolute atomic E-state index is 0.909. The van der Waals surface area contributed by atoms with E-state index in [-0.39, 0.29) is 0 Å². The highest BCUT2D eigenvalue weighted by atomic mass is 15.3. The molecule has 0 amide bonds. The van der Waals surface area contributed by atoms with Crippen LogP contribution in [-0.4, -0.2) is 54.9 Å². The van der Waals surface area contributed by atoms with Gasteiger partial charge in [-0.2, -0.15) is 0 Å². The van der Waals surface area contributed by atoms with Gasteiger partial charge >= 0.3 is 0 Å². The Morgan fingerprint density at radius 2 is 1.76 bits per heavy atom. The summed E-state index contributed by atoms with van der Waals surface area (Å²) in [7, 11) is 0. The molecule has 3 nitrogen and oxygen atoms in total. The number of nitrogens with zero attached hydrogens (tertiary/aromatic N) is 3. The average molecular weight is 281 g/mol. The summed E-state index contributed by atoms with van der Waals surface area (Å²) in [6.07, 6.45) is 9.52. The van der Waals surface area contributed by atoms with Gasteiger partial charge in [0.25, 0.3) is 0 Å². The third-order valence-corrected chi connectivity index (χ3v) is 4.38. The molecule has 2 aliphatic heterocycles. The third-order valence-electron chi connectivity index (χ3n) is 4.38. The van der Waals surface area contributed by atoms with Gasteiger partial charge in [-0.3, -0.25) is 4.99 Å². The fraction of sp³-hybridized carbons (Fsp3) is 0.500. The van der Waals surface area contributed by atoms with E-state index in [4.69, 9.17) is 6.42 Å². The number of rotatable bonds is 4. The molecule has 3 rings (SSSR count). The first kappa shape index (κ1) is 14.2. The average Bonchev–Trinajstić information content (AvgIpc) is 3.02. The first-order valence-corrected chi connectivity index (χ1v) is 7.95. The van der Waals surface area contributed by atoms with Crippen LogP contribution in [0.5, 0.6) is 0 Å². The fourth-order valence-electron chi connectivity index (χ4n) is 3.13. The van der Waals surface area contributed by atoms with E-state index in [1.807, 2.05) is 12.1 Å². The van der Waals surface area contributed by atoms with Gasteiger partial charge in [-0.05, 0) is 38.1 Å². The van der Waals surface area contributed by atoms with E-state index in [9.17, 15) is 0 Å². The summed E-state index contributed by atoms with van der Waals surface area (Å²) >= 11 is 0. The van der Waals surface area contributed by atoms with Crippen molar-refractivity contribution in [3.05, 3.63) is 35.4 Å². The van der Waals surface area contributed by atoms with Crippen LogP contribution in [-0.2, 0) is 0 Å². The number of likely N-dealkylation sites (tertiary alicyclic amines) is 1. The second-order valence-corrected chi connectivity index (χ2v) is 5.82. The predicted octanol–water partition coefficient (Wildman–Crippen LogP) is 2.22. The van der Waals surface area contributed by atoms with Crippen LogP contribution in [0.1, 0.15) is 30.4 Å². The fourth-order valence-corrected chi connectivity index (χ4v) is 3.13. The van der Waals surface area contributed by atoms with Crippen molar-refractivity contribution in [1.82, 2.24) is 9.80 Å². The van der Waals surface area contributed by atoms with Crippen molar-refractivity contribution in [1.29, 1.82) is 0 Å². The van der Waals surface area contributed by atoms with Crippen molar-refractivity contribution in [2.24, 2.45) is 4.99 Å². The molecule has 110 valence electrons. The lowest BCUT2D eigenvalue weighted by Gasteiger charge is -2.29. The number of hydrogen-bond donors (Lipinski definition) is 0. The van der Waals surface area contributed by atoms with Crippen molar-refractivity contribution in [3.8, 4) is 12.3 Å². The highest BCUT2D eigenvalue weighted by Crippen LogP contribution is 2.14. The number of aliphatic imine (C=N–C) groups is 1. The van der Waals surface area contributed by atoms with Gasteiger partial charge in [0.05, 0.1) is 6.54 Å². The maximum atomic E-state index is 5.41. The zero-order chi connectivity index (χ0) is 14.5. The molecule has 0 aromatic heterocycles. The van der Waals surface area contributed by atoms with E-state index >= 15 is 0 Å². The quantitative estimate of drug-likeness (QED) is 0.788. The number of terminal acetylenes is 1. The van der Waals surface area contributed by atoms with Crippen LogP contribution >= 0.6 is 0 Å². The lowest BCUT2D eigenvalue weighted by atomic mass is 10.1. The topological polar surface area (TPSA) is 18.8 Å². The van der Waals surface area contributed by atoms with E-state index in [2.05, 4.69) is 32.8 Å². The predicted molar refractivity (Wildman–Crippen MR) is 87.6 cm³/mol. The van der Waals surface area contributed by atoms with E-state index in [0.717, 1.165) is 37.6 Å². The molecule has 2 aliphatic rings. The number of piperidine rings is 1. The Balaban J connectivity index is 1.60. The molecule has 1 saturated heterocycles. The lowest BCUT2D eigenvalue weighted by molar-refractivity contribution is 0.213. The normalized spacial score (nSPS) is 19.4. The molecule has 0 unspecified atom stereocenters. The van der Waals surface area contributed by atoms with Crippen LogP contribution in [0.15, 0.2) is 29.3 Å². The summed E-state index contributed by atoms with van der Waals surface area (Å²) in [5, 5.41) is 0. The van der Waals surface area contributed by atoms with Gasteiger partial charge in [0.2, 0.25) is 0 Å². The summed E-state index contributed by atoms with van der Waals surface area (Å²) in [4.78, 5) is 9.68. The highest BCUT2D eigenvalue weighted by molar-refractivity contribution is 5.99. The molecule has 0 atom stereocenters. The molecular formula is C18H23N3. The van der Waals surface area contributed by atoms with Crippen LogP contribution < -0.4 is 0 Å². The van der Waals surface area contributed by atoms with Crippen LogP contribution in [0, 0.1) is 12.3 Å². The van der Waals surface area contributed by atoms with Crippen LogP contribution in [0.4, 0.5) is 0 Å². The summed E-state index contributed by atoms with van der Waals surface area (Å²) in [6.45, 7) is 6.71. The molecular weight excluding hydrogens is 258 g/mol. The molecule has 0 spiro atoms. The lowest BCUT2D eigenvalue weighted by Crippen LogP contribution is -2.39. The second kappa shape index (κ2) is 6.78. The Bertz CT molecular complexity index is 533. The summed E-state index contributed by atoms with van der Waals surface area (Å²) < 4.78 is 0. The van der Waals surface area contributed by atoms with Gasteiger partial charge in [0.1, 0.15) is 5.84 Å². The highest BCUT2D eigenvalue weighted by Gasteiger charge is 2.19. The van der Waals surface area contributed by atoms with Crippen LogP contribution in [0.2, 0.25) is 0 Å². The van der Waals surface area contributed by atoms with Crippen molar-refractivity contribution < 1.29 is 0 Å². The Morgan fingerprint density at radius 1 is 1.00 bits per heavy atom. The van der Waals surface area contributed by atoms with Gasteiger partial charge in [0, 0.05) is 30.8 Å². The molecule has 21 heavy (non-hydrogen) atoms. The first-order valence-electron chi connectivity index (χ1n) is 7.95. The Kier molecular flexibility index (Phi) is 4.57. The SMILES string of the molecule is C#Cc1ccc(C2=NCCN2CCN2CCCCC2)cc1. The van der Waals surface area contributed by atoms with Crippen molar-refractivity contribution >= 4 is 5.84 Å². The molecule has 0 aliphatic carbocycles. The van der Waals surface area contributed by atoms with Gasteiger partial charge < -0.3 is 9.80 Å². The largest absolute Gasteiger partial charge is 0.353 e. The zero-order valence-corrected chi connectivity index (χ0v) is 12.6. The summed E-state index contributed by atoms with van der Waals surface area (Å²) in [5.41, 5.74) is 2.11. The van der Waals surface area contributed by atoms with Crippen molar-refractivity contribution in [2.45, 2.75) is 19.3 Å². The van der Waals surface area contributed by atoms with Gasteiger partial charge in [-0.25, -0.2) is 0 Å². The second-order valence-electron chi connectivity index (χ2n) is 5.82. The molecule has 1 aromatic carbocycles. The Morgan fingerprint density at radius 3 is 2.48 bits per heavy atom. The van der Waals surface area contributed by atoms with E-state index in [1.54, 1.807) is 0 Å². The Labute approximate surface area is 127 Å². The molecule has 1 fully saturated rings. The molecule has 0 bridgehead atoms. The first-order chi connectivity index (χ1) is 10.4. The standard InChI is InChI=1S/C18H23N3/c1-2-16-6-8-17(9-7-16)18-19-10-13-21(18)15-14-20-11-4-3-5-12-20/h1,6-9H,3-5,10-15H2. The van der Waals surface area contributed by atoms with Crippen molar-refractivity contribution in [3.63, 3.8) is 0 Å². The van der Waals surface area contributed by atoms with Gasteiger partial charge in [-0.1, -0.05) is 24.5 Å². The Hall–Kier alpha value is -1.79. The van der Waals surface area contributed by atoms with Gasteiger partial charge in [-0.15, -0.1) is 6.42 Å². The van der Waals surface area contributed by atoms with Crippen LogP contribution in [0.3, 0.4) is 0 Å². The van der Waals surface area contributed by atoms with Crippen molar-refractivity contribution in [2.75, 3.05) is 39.3 Å². The van der Waals surface area contributed by atoms with E-state index < -0.39 is 0 Å². The smallest absolute Gasteiger partial charge is 0.131 e. The van der Waals surface area contributed by atoms with Crippen LogP contribution in [0.25, 0.3) is 0 Å². The maximum absolute atomic E-state index is 5.41. The maximum Gasteiger partial charge on any atom is 0.131 e. The molecule has 3 heteroatoms. The monoisotopic (exact) mass is 281 g/mol. The number of hydrogen-bond acceptors (Lipinski definition) is 3. The molecule has 2 heterocycles. The third kappa shape index (κ3) is 3.46. The molecule has 1 aromatic rings. The molecule has 0 N–H and O–H groups in total. The molecule has 0 saturated carbocycles. The molecule has 0 radical (unpaired) electrons. The summed E-state index contributed by atoms with van der Waals surface area (Å²) in [6, 6.07) is 8.18. The minimum atomic E-state index is 0.909. The minimum Gasteiger partial charge on any atom is -0.353 e. The van der Waals surface area contributed by atoms with Gasteiger partial charge in [0.15, 0.2) is 0 Å². The number of amidine groups is 1. The van der Waals surface area contributed by atoms with E-state index in [1.165, 1.54) is 37.9 Å². The van der Waals surface area contributed by atoms with E-state index in [0.29, 0.717) is 0 Å². The summed E-state index contributed by atoms with van der Waals surface area (Å²) in [5.74, 6) is 3.80. The zero-order valence-electron chi connectivity index (χ0n) is 12.6. The number of benzene rings is 1.